The fourth-order valence-electron chi connectivity index (χ4n) is 5.01. The summed E-state index contributed by atoms with van der Waals surface area (Å²) in [6, 6.07) is 12.2. The number of pyridine rings is 1. The number of carbonyl (C=O) groups is 3. The Balaban J connectivity index is 1.33. The highest BCUT2D eigenvalue weighted by molar-refractivity contribution is 6.02. The van der Waals surface area contributed by atoms with E-state index in [1.807, 2.05) is 18.2 Å². The molecule has 10 nitrogen and oxygen atoms in total. The smallest absolute Gasteiger partial charge is 0.411 e. The highest BCUT2D eigenvalue weighted by atomic mass is 16.5. The van der Waals surface area contributed by atoms with Gasteiger partial charge >= 0.3 is 12.0 Å². The monoisotopic (exact) mass is 506 g/mol. The van der Waals surface area contributed by atoms with Crippen LogP contribution in [0, 0.1) is 0 Å². The van der Waals surface area contributed by atoms with E-state index in [4.69, 9.17) is 14.2 Å². The minimum atomic E-state index is -0.674. The molecule has 2 aliphatic heterocycles. The van der Waals surface area contributed by atoms with Crippen molar-refractivity contribution in [2.75, 3.05) is 39.7 Å². The van der Waals surface area contributed by atoms with Gasteiger partial charge in [-0.2, -0.15) is 4.98 Å². The van der Waals surface area contributed by atoms with Crippen LogP contribution in [0.15, 0.2) is 42.5 Å². The number of para-hydroxylation sites is 1. The predicted molar refractivity (Wildman–Crippen MR) is 134 cm³/mol. The molecule has 2 aliphatic rings. The molecule has 0 unspecified atom stereocenters. The van der Waals surface area contributed by atoms with E-state index < -0.39 is 11.7 Å². The van der Waals surface area contributed by atoms with Gasteiger partial charge in [0.1, 0.15) is 17.1 Å². The molecule has 2 N–H and O–H groups in total. The first-order chi connectivity index (χ1) is 17.9. The van der Waals surface area contributed by atoms with Crippen LogP contribution < -0.4 is 24.5 Å². The number of hydrogen-bond acceptors (Lipinski definition) is 7. The van der Waals surface area contributed by atoms with Crippen LogP contribution in [0.4, 0.5) is 10.5 Å². The number of aromatic nitrogens is 1. The summed E-state index contributed by atoms with van der Waals surface area (Å²) in [6.07, 6.45) is 0.620. The van der Waals surface area contributed by atoms with Gasteiger partial charge in [0, 0.05) is 31.6 Å². The number of ether oxygens (including phenoxy) is 4. The van der Waals surface area contributed by atoms with Crippen molar-refractivity contribution in [1.82, 2.24) is 4.90 Å². The molecule has 3 aromatic rings. The fourth-order valence-corrected chi connectivity index (χ4v) is 5.01. The van der Waals surface area contributed by atoms with Crippen molar-refractivity contribution in [3.63, 3.8) is 0 Å². The van der Waals surface area contributed by atoms with Crippen molar-refractivity contribution in [1.29, 1.82) is 0 Å². The topological polar surface area (TPSA) is 118 Å². The van der Waals surface area contributed by atoms with E-state index in [2.05, 4.69) is 15.0 Å². The minimum Gasteiger partial charge on any atom is -0.496 e. The maximum Gasteiger partial charge on any atom is 0.411 e. The molecule has 0 aliphatic carbocycles. The van der Waals surface area contributed by atoms with E-state index in [0.717, 1.165) is 5.39 Å². The SMILES string of the molecule is COC(=O)Nc1ccc2c(c1)C(=O)CC1(CCN(C(=O)c3cc(OC)c4cccc(OC)c4[nH+]3)CC1)O2. The molecule has 1 saturated heterocycles. The van der Waals surface area contributed by atoms with Crippen molar-refractivity contribution in [2.45, 2.75) is 24.9 Å². The standard InChI is InChI=1S/C27H27N3O7/c1-34-22-6-4-5-17-23(35-2)14-19(29-24(17)22)25(32)30-11-9-27(10-12-30)15-20(31)18-13-16(28-26(33)36-3)7-8-21(18)37-27/h4-8,13-14H,9-12,15H2,1-3H3,(H,28,33)/p+1. The summed E-state index contributed by atoms with van der Waals surface area (Å²) < 4.78 is 21.9. The summed E-state index contributed by atoms with van der Waals surface area (Å²) in [7, 11) is 4.42. The lowest BCUT2D eigenvalue weighted by Crippen LogP contribution is -2.52. The lowest BCUT2D eigenvalue weighted by atomic mass is 9.82. The molecule has 10 heteroatoms. The van der Waals surface area contributed by atoms with Gasteiger partial charge in [-0.15, -0.1) is 0 Å². The summed E-state index contributed by atoms with van der Waals surface area (Å²) in [5.74, 6) is 1.44. The average molecular weight is 507 g/mol. The summed E-state index contributed by atoms with van der Waals surface area (Å²) in [5, 5.41) is 3.37. The number of ketones is 1. The van der Waals surface area contributed by atoms with Gasteiger partial charge in [-0.25, -0.2) is 4.79 Å². The third-order valence-corrected chi connectivity index (χ3v) is 6.98. The third kappa shape index (κ3) is 4.50. The molecule has 1 fully saturated rings. The first-order valence-corrected chi connectivity index (χ1v) is 11.9. The number of rotatable bonds is 4. The number of carbonyl (C=O) groups excluding carboxylic acids is 3. The number of piperidine rings is 1. The number of likely N-dealkylation sites (tertiary alicyclic amines) is 1. The maximum absolute atomic E-state index is 13.4. The molecule has 5 rings (SSSR count). The zero-order valence-electron chi connectivity index (χ0n) is 20.9. The Morgan fingerprint density at radius 2 is 1.78 bits per heavy atom. The highest BCUT2D eigenvalue weighted by Crippen LogP contribution is 2.40. The Morgan fingerprint density at radius 3 is 2.49 bits per heavy atom. The Hall–Kier alpha value is -4.34. The van der Waals surface area contributed by atoms with Crippen LogP contribution in [0.1, 0.15) is 40.1 Å². The third-order valence-electron chi connectivity index (χ3n) is 6.98. The Morgan fingerprint density at radius 1 is 1.03 bits per heavy atom. The first kappa shape index (κ1) is 24.4. The second-order valence-electron chi connectivity index (χ2n) is 9.14. The number of fused-ring (bicyclic) bond motifs is 2. The minimum absolute atomic E-state index is 0.0609. The summed E-state index contributed by atoms with van der Waals surface area (Å²) in [5.41, 5.74) is 1.27. The van der Waals surface area contributed by atoms with Gasteiger partial charge in [-0.3, -0.25) is 14.9 Å². The average Bonchev–Trinajstić information content (AvgIpc) is 2.92. The van der Waals surface area contributed by atoms with Gasteiger partial charge in [0.25, 0.3) is 11.2 Å². The number of benzene rings is 2. The van der Waals surface area contributed by atoms with E-state index in [1.165, 1.54) is 7.11 Å². The molecule has 0 atom stereocenters. The van der Waals surface area contributed by atoms with E-state index in [0.29, 0.717) is 65.6 Å². The fraction of sp³-hybridized carbons (Fsp3) is 0.333. The maximum atomic E-state index is 13.4. The number of H-pyrrole nitrogens is 1. The predicted octanol–water partition coefficient (Wildman–Crippen LogP) is 3.49. The normalized spacial score (nSPS) is 16.1. The molecule has 192 valence electrons. The lowest BCUT2D eigenvalue weighted by Gasteiger charge is -2.43. The summed E-state index contributed by atoms with van der Waals surface area (Å²) in [6.45, 7) is 0.868. The van der Waals surface area contributed by atoms with Gasteiger partial charge in [0.15, 0.2) is 11.5 Å². The second-order valence-corrected chi connectivity index (χ2v) is 9.14. The molecule has 2 amide bonds. The van der Waals surface area contributed by atoms with Crippen molar-refractivity contribution < 1.29 is 38.3 Å². The summed E-state index contributed by atoms with van der Waals surface area (Å²) in [4.78, 5) is 42.9. The van der Waals surface area contributed by atoms with Gasteiger partial charge in [0.2, 0.25) is 0 Å². The van der Waals surface area contributed by atoms with Crippen molar-refractivity contribution in [3.8, 4) is 17.2 Å². The van der Waals surface area contributed by atoms with Crippen molar-refractivity contribution >= 4 is 34.4 Å². The van der Waals surface area contributed by atoms with Crippen LogP contribution in [0.25, 0.3) is 10.9 Å². The van der Waals surface area contributed by atoms with Gasteiger partial charge in [0.05, 0.1) is 44.8 Å². The molecule has 1 spiro atoms. The second kappa shape index (κ2) is 9.61. The van der Waals surface area contributed by atoms with Gasteiger partial charge < -0.3 is 23.8 Å². The molecule has 0 saturated carbocycles. The first-order valence-electron chi connectivity index (χ1n) is 11.9. The number of Topliss-reactive ketones (excluding diaryl/α,β-unsaturated/α-hetero) is 1. The van der Waals surface area contributed by atoms with Crippen LogP contribution in [-0.2, 0) is 4.74 Å². The number of nitrogens with one attached hydrogen (secondary N) is 2. The van der Waals surface area contributed by atoms with Crippen LogP contribution in [0.5, 0.6) is 17.2 Å². The zero-order chi connectivity index (χ0) is 26.2. The van der Waals surface area contributed by atoms with Gasteiger partial charge in [-0.05, 0) is 30.3 Å². The highest BCUT2D eigenvalue weighted by Gasteiger charge is 2.44. The van der Waals surface area contributed by atoms with Crippen molar-refractivity contribution in [2.24, 2.45) is 0 Å². The lowest BCUT2D eigenvalue weighted by molar-refractivity contribution is -0.350. The van der Waals surface area contributed by atoms with E-state index >= 15 is 0 Å². The van der Waals surface area contributed by atoms with Crippen LogP contribution in [-0.4, -0.2) is 62.7 Å². The molecule has 2 aromatic carbocycles. The summed E-state index contributed by atoms with van der Waals surface area (Å²) >= 11 is 0. The zero-order valence-corrected chi connectivity index (χ0v) is 20.9. The number of aromatic amines is 1. The Labute approximate surface area is 213 Å². The number of amides is 2. The number of methoxy groups -OCH3 is 3. The molecule has 3 heterocycles. The van der Waals surface area contributed by atoms with E-state index in [9.17, 15) is 14.4 Å². The van der Waals surface area contributed by atoms with Crippen LogP contribution in [0.2, 0.25) is 0 Å². The molecule has 0 bridgehead atoms. The van der Waals surface area contributed by atoms with E-state index in [1.54, 1.807) is 43.4 Å². The number of anilines is 1. The van der Waals surface area contributed by atoms with Crippen molar-refractivity contribution in [3.05, 3.63) is 53.7 Å². The largest absolute Gasteiger partial charge is 0.496 e. The quantitative estimate of drug-likeness (QED) is 0.576. The molecular formula is C27H28N3O7+. The molecule has 1 aromatic heterocycles. The molecular weight excluding hydrogens is 478 g/mol. The Bertz CT molecular complexity index is 1400. The van der Waals surface area contributed by atoms with Crippen LogP contribution in [0.3, 0.4) is 0 Å². The number of nitrogens with zero attached hydrogens (tertiary/aromatic N) is 1. The van der Waals surface area contributed by atoms with Crippen LogP contribution >= 0.6 is 0 Å². The molecule has 0 radical (unpaired) electrons. The Kier molecular flexibility index (Phi) is 6.32. The molecule has 37 heavy (non-hydrogen) atoms. The number of hydrogen-bond donors (Lipinski definition) is 1. The van der Waals surface area contributed by atoms with E-state index in [-0.39, 0.29) is 18.1 Å². The van der Waals surface area contributed by atoms with Gasteiger partial charge in [-0.1, -0.05) is 6.07 Å².